The highest BCUT2D eigenvalue weighted by Gasteiger charge is 2.10. The van der Waals surface area contributed by atoms with Gasteiger partial charge in [-0.1, -0.05) is 67.2 Å². The second kappa shape index (κ2) is 7.78. The first-order valence-corrected chi connectivity index (χ1v) is 7.06. The van der Waals surface area contributed by atoms with Crippen molar-refractivity contribution in [3.05, 3.63) is 84.6 Å². The third kappa shape index (κ3) is 4.06. The number of amidine groups is 2. The number of rotatable bonds is 5. The molecule has 2 rings (SSSR count). The van der Waals surface area contributed by atoms with Crippen LogP contribution in [0.15, 0.2) is 78.4 Å². The van der Waals surface area contributed by atoms with Crippen LogP contribution in [0, 0.1) is 5.41 Å². The maximum Gasteiger partial charge on any atom is 0.154 e. The molecular formula is C18H20N4. The van der Waals surface area contributed by atoms with Crippen molar-refractivity contribution in [1.29, 1.82) is 5.41 Å². The van der Waals surface area contributed by atoms with Gasteiger partial charge >= 0.3 is 0 Å². The van der Waals surface area contributed by atoms with Crippen LogP contribution < -0.4 is 5.32 Å². The Balaban J connectivity index is 2.33. The molecule has 0 amide bonds. The molecule has 2 aromatic carbocycles. The Morgan fingerprint density at radius 2 is 1.64 bits per heavy atom. The minimum Gasteiger partial charge on any atom is -0.374 e. The lowest BCUT2D eigenvalue weighted by Gasteiger charge is -2.21. The molecule has 4 nitrogen and oxygen atoms in total. The van der Waals surface area contributed by atoms with Gasteiger partial charge in [0.25, 0.3) is 0 Å². The van der Waals surface area contributed by atoms with Crippen LogP contribution in [0.1, 0.15) is 11.1 Å². The second-order valence-corrected chi connectivity index (χ2v) is 4.78. The Hall–Kier alpha value is -2.88. The lowest BCUT2D eigenvalue weighted by molar-refractivity contribution is 0.483. The first-order chi connectivity index (χ1) is 10.7. The first-order valence-electron chi connectivity index (χ1n) is 7.06. The van der Waals surface area contributed by atoms with Crippen molar-refractivity contribution < 1.29 is 0 Å². The van der Waals surface area contributed by atoms with Crippen LogP contribution in [0.2, 0.25) is 0 Å². The summed E-state index contributed by atoms with van der Waals surface area (Å²) in [6, 6.07) is 19.4. The highest BCUT2D eigenvalue weighted by atomic mass is 15.2. The maximum atomic E-state index is 8.23. The second-order valence-electron chi connectivity index (χ2n) is 4.78. The molecule has 0 heterocycles. The normalized spacial score (nSPS) is 10.9. The fraction of sp³-hybridized carbons (Fsp3) is 0.111. The molecule has 0 atom stereocenters. The lowest BCUT2D eigenvalue weighted by Crippen LogP contribution is -2.35. The van der Waals surface area contributed by atoms with Crippen molar-refractivity contribution in [2.75, 3.05) is 13.7 Å². The van der Waals surface area contributed by atoms with Crippen LogP contribution in [-0.2, 0) is 0 Å². The highest BCUT2D eigenvalue weighted by molar-refractivity contribution is 6.10. The van der Waals surface area contributed by atoms with Crippen molar-refractivity contribution in [2.45, 2.75) is 0 Å². The summed E-state index contributed by atoms with van der Waals surface area (Å²) >= 11 is 0. The molecule has 0 saturated heterocycles. The van der Waals surface area contributed by atoms with E-state index < -0.39 is 0 Å². The SMILES string of the molecule is C=CNCN(C)/C(=N\C(=N)c1ccccc1)c1ccccc1. The molecule has 0 spiro atoms. The number of aliphatic imine (C=N–C) groups is 1. The molecule has 0 aliphatic rings. The van der Waals surface area contributed by atoms with Gasteiger partial charge in [-0.25, -0.2) is 4.99 Å². The van der Waals surface area contributed by atoms with E-state index in [1.807, 2.05) is 72.6 Å². The zero-order valence-electron chi connectivity index (χ0n) is 12.7. The van der Waals surface area contributed by atoms with Gasteiger partial charge < -0.3 is 10.2 Å². The number of benzene rings is 2. The summed E-state index contributed by atoms with van der Waals surface area (Å²) in [6.45, 7) is 4.22. The van der Waals surface area contributed by atoms with Gasteiger partial charge in [-0.15, -0.1) is 0 Å². The van der Waals surface area contributed by atoms with Crippen molar-refractivity contribution >= 4 is 11.7 Å². The van der Waals surface area contributed by atoms with E-state index in [1.165, 1.54) is 0 Å². The van der Waals surface area contributed by atoms with Gasteiger partial charge in [0, 0.05) is 18.2 Å². The summed E-state index contributed by atoms with van der Waals surface area (Å²) in [6.07, 6.45) is 1.64. The van der Waals surface area contributed by atoms with Gasteiger partial charge in [0.05, 0.1) is 6.67 Å². The van der Waals surface area contributed by atoms with Crippen molar-refractivity contribution in [3.63, 3.8) is 0 Å². The van der Waals surface area contributed by atoms with Gasteiger partial charge in [-0.3, -0.25) is 5.41 Å². The number of nitrogens with zero attached hydrogens (tertiary/aromatic N) is 2. The third-order valence-corrected chi connectivity index (χ3v) is 3.13. The van der Waals surface area contributed by atoms with Gasteiger partial charge in [0.1, 0.15) is 5.84 Å². The summed E-state index contributed by atoms with van der Waals surface area (Å²) in [7, 11) is 1.93. The predicted molar refractivity (Wildman–Crippen MR) is 92.2 cm³/mol. The fourth-order valence-corrected chi connectivity index (χ4v) is 2.00. The Labute approximate surface area is 131 Å². The number of nitrogens with one attached hydrogen (secondary N) is 2. The molecule has 0 saturated carbocycles. The van der Waals surface area contributed by atoms with E-state index in [-0.39, 0.29) is 5.84 Å². The largest absolute Gasteiger partial charge is 0.374 e. The van der Waals surface area contributed by atoms with E-state index in [9.17, 15) is 0 Å². The summed E-state index contributed by atoms with van der Waals surface area (Å²) in [5.41, 5.74) is 1.76. The molecule has 0 unspecified atom stereocenters. The molecule has 0 radical (unpaired) electrons. The third-order valence-electron chi connectivity index (χ3n) is 3.13. The molecule has 22 heavy (non-hydrogen) atoms. The zero-order valence-corrected chi connectivity index (χ0v) is 12.7. The maximum absolute atomic E-state index is 8.23. The van der Waals surface area contributed by atoms with Crippen LogP contribution >= 0.6 is 0 Å². The lowest BCUT2D eigenvalue weighted by atomic mass is 10.2. The van der Waals surface area contributed by atoms with Crippen molar-refractivity contribution in [1.82, 2.24) is 10.2 Å². The van der Waals surface area contributed by atoms with Gasteiger partial charge in [-0.2, -0.15) is 0 Å². The van der Waals surface area contributed by atoms with E-state index in [0.717, 1.165) is 17.0 Å². The monoisotopic (exact) mass is 292 g/mol. The topological polar surface area (TPSA) is 51.5 Å². The standard InChI is InChI=1S/C18H20N4/c1-3-20-14-22(2)18(16-12-8-5-9-13-16)21-17(19)15-10-6-4-7-11-15/h3-13,19-20H,1,14H2,2H3/b19-17?,21-18-. The van der Waals surface area contributed by atoms with Gasteiger partial charge in [-0.05, 0) is 6.20 Å². The molecule has 0 bridgehead atoms. The number of hydrogen-bond donors (Lipinski definition) is 2. The van der Waals surface area contributed by atoms with Crippen LogP contribution in [0.3, 0.4) is 0 Å². The Morgan fingerprint density at radius 3 is 2.18 bits per heavy atom. The molecule has 2 N–H and O–H groups in total. The first kappa shape index (κ1) is 15.5. The summed E-state index contributed by atoms with van der Waals surface area (Å²) in [5, 5.41) is 11.3. The Morgan fingerprint density at radius 1 is 1.09 bits per heavy atom. The summed E-state index contributed by atoms with van der Waals surface area (Å²) < 4.78 is 0. The molecule has 112 valence electrons. The quantitative estimate of drug-likeness (QED) is 0.505. The minimum absolute atomic E-state index is 0.241. The fourth-order valence-electron chi connectivity index (χ4n) is 2.00. The summed E-state index contributed by atoms with van der Waals surface area (Å²) in [4.78, 5) is 6.47. The zero-order chi connectivity index (χ0) is 15.8. The predicted octanol–water partition coefficient (Wildman–Crippen LogP) is 3.08. The van der Waals surface area contributed by atoms with E-state index in [0.29, 0.717) is 6.67 Å². The van der Waals surface area contributed by atoms with Gasteiger partial charge in [0.15, 0.2) is 5.84 Å². The smallest absolute Gasteiger partial charge is 0.154 e. The Bertz CT molecular complexity index is 647. The molecule has 0 aliphatic carbocycles. The van der Waals surface area contributed by atoms with E-state index in [2.05, 4.69) is 16.9 Å². The summed E-state index contributed by atoms with van der Waals surface area (Å²) in [5.74, 6) is 0.980. The van der Waals surface area contributed by atoms with E-state index >= 15 is 0 Å². The molecule has 0 aromatic heterocycles. The highest BCUT2D eigenvalue weighted by Crippen LogP contribution is 2.08. The van der Waals surface area contributed by atoms with Crippen molar-refractivity contribution in [3.8, 4) is 0 Å². The van der Waals surface area contributed by atoms with Crippen LogP contribution in [0.25, 0.3) is 0 Å². The van der Waals surface area contributed by atoms with Gasteiger partial charge in [0.2, 0.25) is 0 Å². The van der Waals surface area contributed by atoms with Crippen LogP contribution in [0.4, 0.5) is 0 Å². The Kier molecular flexibility index (Phi) is 5.49. The van der Waals surface area contributed by atoms with E-state index in [4.69, 9.17) is 5.41 Å². The number of hydrogen-bond acceptors (Lipinski definition) is 2. The average molecular weight is 292 g/mol. The molecule has 0 fully saturated rings. The average Bonchev–Trinajstić information content (AvgIpc) is 2.59. The van der Waals surface area contributed by atoms with Crippen molar-refractivity contribution in [2.24, 2.45) is 4.99 Å². The molecular weight excluding hydrogens is 272 g/mol. The van der Waals surface area contributed by atoms with Crippen LogP contribution in [-0.4, -0.2) is 30.3 Å². The van der Waals surface area contributed by atoms with E-state index in [1.54, 1.807) is 6.20 Å². The molecule has 0 aliphatic heterocycles. The van der Waals surface area contributed by atoms with Crippen LogP contribution in [0.5, 0.6) is 0 Å². The molecule has 4 heteroatoms. The molecule has 2 aromatic rings. The minimum atomic E-state index is 0.241.